The molecule has 3 heterocycles. The molecule has 8 heteroatoms. The molecule has 1 atom stereocenters. The summed E-state index contributed by atoms with van der Waals surface area (Å²) in [4.78, 5) is 28.3. The predicted octanol–water partition coefficient (Wildman–Crippen LogP) is 1.36. The Hall–Kier alpha value is -2.48. The van der Waals surface area contributed by atoms with Gasteiger partial charge >= 0.3 is 0 Å². The van der Waals surface area contributed by atoms with Crippen LogP contribution < -0.4 is 10.7 Å². The van der Waals surface area contributed by atoms with Crippen molar-refractivity contribution >= 4 is 34.4 Å². The zero-order valence-corrected chi connectivity index (χ0v) is 15.2. The molecule has 0 spiro atoms. The SMILES string of the molecule is O=C1C=C(c2ccccc2)N2C(SCC(=O)N3CCCCC3)=NNC2N1. The highest BCUT2D eigenvalue weighted by Gasteiger charge is 2.36. The zero-order valence-electron chi connectivity index (χ0n) is 14.4. The number of hydrogen-bond acceptors (Lipinski definition) is 6. The summed E-state index contributed by atoms with van der Waals surface area (Å²) in [5.74, 6) is 0.329. The number of hydrogen-bond donors (Lipinski definition) is 2. The van der Waals surface area contributed by atoms with Crippen LogP contribution >= 0.6 is 11.8 Å². The van der Waals surface area contributed by atoms with Crippen LogP contribution in [0.4, 0.5) is 0 Å². The second-order valence-electron chi connectivity index (χ2n) is 6.43. The van der Waals surface area contributed by atoms with Gasteiger partial charge in [0.2, 0.25) is 11.8 Å². The molecular formula is C18H21N5O2S. The monoisotopic (exact) mass is 371 g/mol. The second-order valence-corrected chi connectivity index (χ2v) is 7.37. The molecule has 2 N–H and O–H groups in total. The van der Waals surface area contributed by atoms with Crippen molar-refractivity contribution in [2.24, 2.45) is 5.10 Å². The molecule has 2 amide bonds. The highest BCUT2D eigenvalue weighted by molar-refractivity contribution is 8.14. The van der Waals surface area contributed by atoms with Gasteiger partial charge in [-0.2, -0.15) is 5.10 Å². The number of fused-ring (bicyclic) bond motifs is 1. The van der Waals surface area contributed by atoms with E-state index in [9.17, 15) is 9.59 Å². The van der Waals surface area contributed by atoms with Crippen molar-refractivity contribution in [1.82, 2.24) is 20.5 Å². The number of likely N-dealkylation sites (tertiary alicyclic amines) is 1. The van der Waals surface area contributed by atoms with Gasteiger partial charge in [-0.15, -0.1) is 0 Å². The molecule has 7 nitrogen and oxygen atoms in total. The van der Waals surface area contributed by atoms with Gasteiger partial charge in [0.15, 0.2) is 11.5 Å². The molecule has 0 saturated carbocycles. The average Bonchev–Trinajstić information content (AvgIpc) is 3.09. The lowest BCUT2D eigenvalue weighted by Crippen LogP contribution is -2.54. The summed E-state index contributed by atoms with van der Waals surface area (Å²) in [6.07, 6.45) is 4.52. The third-order valence-electron chi connectivity index (χ3n) is 4.66. The molecule has 1 unspecified atom stereocenters. The molecular weight excluding hydrogens is 350 g/mol. The lowest BCUT2D eigenvalue weighted by molar-refractivity contribution is -0.129. The summed E-state index contributed by atoms with van der Waals surface area (Å²) in [6.45, 7) is 1.70. The van der Waals surface area contributed by atoms with Crippen molar-refractivity contribution in [3.05, 3.63) is 42.0 Å². The molecule has 136 valence electrons. The van der Waals surface area contributed by atoms with Crippen LogP contribution in [0, 0.1) is 0 Å². The summed E-state index contributed by atoms with van der Waals surface area (Å²) in [6, 6.07) is 9.73. The van der Waals surface area contributed by atoms with Crippen LogP contribution in [0.15, 0.2) is 41.5 Å². The van der Waals surface area contributed by atoms with E-state index in [1.165, 1.54) is 18.2 Å². The van der Waals surface area contributed by atoms with Gasteiger partial charge in [-0.25, -0.2) is 0 Å². The third-order valence-corrected chi connectivity index (χ3v) is 5.59. The summed E-state index contributed by atoms with van der Waals surface area (Å²) in [5, 5.41) is 7.86. The lowest BCUT2D eigenvalue weighted by atomic mass is 10.1. The van der Waals surface area contributed by atoms with Crippen molar-refractivity contribution in [2.75, 3.05) is 18.8 Å². The van der Waals surface area contributed by atoms with Gasteiger partial charge in [-0.3, -0.25) is 19.9 Å². The number of carbonyl (C=O) groups excluding carboxylic acids is 2. The van der Waals surface area contributed by atoms with Crippen molar-refractivity contribution in [2.45, 2.75) is 25.6 Å². The molecule has 1 saturated heterocycles. The molecule has 4 rings (SSSR count). The largest absolute Gasteiger partial charge is 0.342 e. The van der Waals surface area contributed by atoms with Crippen LogP contribution in [-0.2, 0) is 9.59 Å². The fourth-order valence-electron chi connectivity index (χ4n) is 3.34. The highest BCUT2D eigenvalue weighted by atomic mass is 32.2. The van der Waals surface area contributed by atoms with Crippen LogP contribution in [0.2, 0.25) is 0 Å². The Morgan fingerprint density at radius 1 is 1.19 bits per heavy atom. The van der Waals surface area contributed by atoms with E-state index in [1.807, 2.05) is 40.1 Å². The quantitative estimate of drug-likeness (QED) is 0.839. The lowest BCUT2D eigenvalue weighted by Gasteiger charge is -2.33. The molecule has 0 aliphatic carbocycles. The van der Waals surface area contributed by atoms with E-state index < -0.39 is 6.29 Å². The topological polar surface area (TPSA) is 77.0 Å². The van der Waals surface area contributed by atoms with E-state index in [2.05, 4.69) is 15.8 Å². The molecule has 0 radical (unpaired) electrons. The summed E-state index contributed by atoms with van der Waals surface area (Å²) < 4.78 is 0. The Balaban J connectivity index is 1.48. The maximum absolute atomic E-state index is 12.4. The Morgan fingerprint density at radius 3 is 2.73 bits per heavy atom. The van der Waals surface area contributed by atoms with E-state index >= 15 is 0 Å². The minimum absolute atomic E-state index is 0.145. The van der Waals surface area contributed by atoms with Crippen molar-refractivity contribution in [1.29, 1.82) is 0 Å². The molecule has 26 heavy (non-hydrogen) atoms. The Labute approximate surface area is 156 Å². The number of amidine groups is 1. The van der Waals surface area contributed by atoms with Gasteiger partial charge in [-0.05, 0) is 24.8 Å². The number of nitrogens with one attached hydrogen (secondary N) is 2. The van der Waals surface area contributed by atoms with Gasteiger partial charge in [0, 0.05) is 19.2 Å². The Bertz CT molecular complexity index is 758. The smallest absolute Gasteiger partial charge is 0.249 e. The normalized spacial score (nSPS) is 22.2. The second kappa shape index (κ2) is 7.41. The first kappa shape index (κ1) is 17.0. The standard InChI is InChI=1S/C18H21N5O2S/c24-15-11-14(13-7-3-1-4-8-13)23-17(19-15)20-21-18(23)26-12-16(25)22-9-5-2-6-10-22/h1,3-4,7-8,11,17,20H,2,5-6,9-10,12H2,(H,19,24). The van der Waals surface area contributed by atoms with Crippen LogP contribution in [0.5, 0.6) is 0 Å². The van der Waals surface area contributed by atoms with Crippen LogP contribution in [-0.4, -0.2) is 51.9 Å². The molecule has 1 aromatic rings. The van der Waals surface area contributed by atoms with E-state index in [4.69, 9.17) is 0 Å². The van der Waals surface area contributed by atoms with Crippen molar-refractivity contribution < 1.29 is 9.59 Å². The number of benzene rings is 1. The summed E-state index contributed by atoms with van der Waals surface area (Å²) >= 11 is 1.40. The molecule has 1 aromatic carbocycles. The van der Waals surface area contributed by atoms with Crippen molar-refractivity contribution in [3.63, 3.8) is 0 Å². The summed E-state index contributed by atoms with van der Waals surface area (Å²) in [5.41, 5.74) is 4.65. The maximum atomic E-state index is 12.4. The molecule has 0 aromatic heterocycles. The van der Waals surface area contributed by atoms with E-state index in [1.54, 1.807) is 6.08 Å². The summed E-state index contributed by atoms with van der Waals surface area (Å²) in [7, 11) is 0. The van der Waals surface area contributed by atoms with Gasteiger partial charge in [-0.1, -0.05) is 42.1 Å². The molecule has 3 aliphatic rings. The van der Waals surface area contributed by atoms with Crippen LogP contribution in [0.25, 0.3) is 5.70 Å². The van der Waals surface area contributed by atoms with Crippen molar-refractivity contribution in [3.8, 4) is 0 Å². The number of thioether (sulfide) groups is 1. The minimum atomic E-state index is -0.421. The Kier molecular flexibility index (Phi) is 4.83. The minimum Gasteiger partial charge on any atom is -0.342 e. The number of hydrazone groups is 1. The molecule has 0 bridgehead atoms. The fraction of sp³-hybridized carbons (Fsp3) is 0.389. The zero-order chi connectivity index (χ0) is 17.9. The fourth-order valence-corrected chi connectivity index (χ4v) is 4.24. The first-order valence-electron chi connectivity index (χ1n) is 8.83. The van der Waals surface area contributed by atoms with Crippen LogP contribution in [0.3, 0.4) is 0 Å². The number of carbonyl (C=O) groups is 2. The highest BCUT2D eigenvalue weighted by Crippen LogP contribution is 2.29. The number of amides is 2. The number of piperidine rings is 1. The maximum Gasteiger partial charge on any atom is 0.249 e. The van der Waals surface area contributed by atoms with Crippen LogP contribution in [0.1, 0.15) is 24.8 Å². The van der Waals surface area contributed by atoms with E-state index in [0.29, 0.717) is 10.9 Å². The van der Waals surface area contributed by atoms with Gasteiger partial charge in [0.05, 0.1) is 11.4 Å². The first-order chi connectivity index (χ1) is 12.7. The number of nitrogens with zero attached hydrogens (tertiary/aromatic N) is 3. The van der Waals surface area contributed by atoms with E-state index in [-0.39, 0.29) is 11.8 Å². The van der Waals surface area contributed by atoms with Gasteiger partial charge < -0.3 is 10.2 Å². The third kappa shape index (κ3) is 3.41. The molecule has 1 fully saturated rings. The Morgan fingerprint density at radius 2 is 1.96 bits per heavy atom. The average molecular weight is 371 g/mol. The number of rotatable bonds is 3. The molecule has 3 aliphatic heterocycles. The van der Waals surface area contributed by atoms with E-state index in [0.717, 1.165) is 37.2 Å². The first-order valence-corrected chi connectivity index (χ1v) is 9.81. The van der Waals surface area contributed by atoms with Gasteiger partial charge in [0.25, 0.3) is 0 Å². The predicted molar refractivity (Wildman–Crippen MR) is 102 cm³/mol. The van der Waals surface area contributed by atoms with Gasteiger partial charge in [0.1, 0.15) is 0 Å².